The third-order valence-corrected chi connectivity index (χ3v) is 4.66. The number of fused-ring (bicyclic) bond motifs is 1. The maximum Gasteiger partial charge on any atom is 0.251 e. The quantitative estimate of drug-likeness (QED) is 0.889. The Morgan fingerprint density at radius 3 is 2.95 bits per heavy atom. The van der Waals surface area contributed by atoms with Gasteiger partial charge in [0.25, 0.3) is 5.91 Å². The number of amides is 1. The molecule has 4 heteroatoms. The van der Waals surface area contributed by atoms with E-state index in [1.807, 2.05) is 12.1 Å². The average Bonchev–Trinajstić information content (AvgIpc) is 2.69. The minimum atomic E-state index is -0.00931. The van der Waals surface area contributed by atoms with Crippen molar-refractivity contribution in [1.29, 1.82) is 0 Å². The first-order valence-electron chi connectivity index (χ1n) is 6.99. The van der Waals surface area contributed by atoms with Crippen molar-refractivity contribution in [2.45, 2.75) is 38.8 Å². The fourth-order valence-corrected chi connectivity index (χ4v) is 3.01. The summed E-state index contributed by atoms with van der Waals surface area (Å²) < 4.78 is 0. The van der Waals surface area contributed by atoms with Gasteiger partial charge in [0, 0.05) is 28.7 Å². The van der Waals surface area contributed by atoms with Crippen molar-refractivity contribution in [1.82, 2.24) is 10.6 Å². The lowest BCUT2D eigenvalue weighted by atomic mass is 9.85. The minimum Gasteiger partial charge on any atom is -0.348 e. The van der Waals surface area contributed by atoms with Crippen LogP contribution >= 0.6 is 11.6 Å². The Morgan fingerprint density at radius 1 is 1.47 bits per heavy atom. The molecule has 1 saturated carbocycles. The maximum absolute atomic E-state index is 11.7. The molecule has 1 heterocycles. The molecule has 0 aromatic heterocycles. The molecule has 3 rings (SSSR count). The first-order chi connectivity index (χ1) is 9.15. The van der Waals surface area contributed by atoms with Crippen LogP contribution in [0.15, 0.2) is 12.1 Å². The van der Waals surface area contributed by atoms with E-state index in [4.69, 9.17) is 11.6 Å². The lowest BCUT2D eigenvalue weighted by molar-refractivity contribution is 0.0965. The summed E-state index contributed by atoms with van der Waals surface area (Å²) in [5.41, 5.74) is 2.77. The zero-order valence-corrected chi connectivity index (χ0v) is 11.9. The van der Waals surface area contributed by atoms with Crippen LogP contribution in [0.3, 0.4) is 0 Å². The van der Waals surface area contributed by atoms with E-state index >= 15 is 0 Å². The molecule has 1 aromatic rings. The molecule has 102 valence electrons. The molecule has 0 radical (unpaired) electrons. The molecule has 2 aliphatic rings. The minimum absolute atomic E-state index is 0.00931. The summed E-state index contributed by atoms with van der Waals surface area (Å²) >= 11 is 6.27. The predicted molar refractivity (Wildman–Crippen MR) is 76.4 cm³/mol. The number of hydrogen-bond donors (Lipinski definition) is 2. The zero-order chi connectivity index (χ0) is 13.4. The fourth-order valence-electron chi connectivity index (χ4n) is 2.71. The molecule has 1 aliphatic heterocycles. The highest BCUT2D eigenvalue weighted by Gasteiger charge is 2.24. The summed E-state index contributed by atoms with van der Waals surface area (Å²) in [6.45, 7) is 3.74. The molecule has 0 bridgehead atoms. The molecule has 1 aromatic carbocycles. The fraction of sp³-hybridized carbons (Fsp3) is 0.533. The number of carbonyl (C=O) groups is 1. The summed E-state index contributed by atoms with van der Waals surface area (Å²) in [4.78, 5) is 11.7. The van der Waals surface area contributed by atoms with Gasteiger partial charge >= 0.3 is 0 Å². The van der Waals surface area contributed by atoms with Crippen molar-refractivity contribution < 1.29 is 4.79 Å². The van der Waals surface area contributed by atoms with Crippen LogP contribution in [-0.4, -0.2) is 12.5 Å². The van der Waals surface area contributed by atoms with Crippen molar-refractivity contribution in [3.05, 3.63) is 33.8 Å². The van der Waals surface area contributed by atoms with E-state index in [9.17, 15) is 4.79 Å². The van der Waals surface area contributed by atoms with Gasteiger partial charge in [0.1, 0.15) is 0 Å². The molecule has 19 heavy (non-hydrogen) atoms. The van der Waals surface area contributed by atoms with Crippen molar-refractivity contribution in [2.24, 2.45) is 5.92 Å². The van der Waals surface area contributed by atoms with Crippen molar-refractivity contribution >= 4 is 17.5 Å². The molecule has 1 atom stereocenters. The molecule has 2 N–H and O–H groups in total. The van der Waals surface area contributed by atoms with Gasteiger partial charge in [-0.2, -0.15) is 0 Å². The number of halogens is 1. The third kappa shape index (κ3) is 2.49. The molecule has 0 unspecified atom stereocenters. The zero-order valence-electron chi connectivity index (χ0n) is 11.1. The Hall–Kier alpha value is -1.06. The highest BCUT2D eigenvalue weighted by atomic mass is 35.5. The third-order valence-electron chi connectivity index (χ3n) is 4.33. The van der Waals surface area contributed by atoms with Crippen LogP contribution in [0.2, 0.25) is 5.02 Å². The monoisotopic (exact) mass is 278 g/mol. The first kappa shape index (κ1) is 12.9. The largest absolute Gasteiger partial charge is 0.348 e. The highest BCUT2D eigenvalue weighted by molar-refractivity contribution is 6.32. The number of nitrogens with one attached hydrogen (secondary N) is 2. The van der Waals surface area contributed by atoms with Crippen LogP contribution in [0, 0.1) is 5.92 Å². The second-order valence-electron chi connectivity index (χ2n) is 5.64. The van der Waals surface area contributed by atoms with Gasteiger partial charge in [0.2, 0.25) is 0 Å². The predicted octanol–water partition coefficient (Wildman–Crippen LogP) is 3.03. The molecule has 0 saturated heterocycles. The summed E-state index contributed by atoms with van der Waals surface area (Å²) in [5, 5.41) is 7.06. The van der Waals surface area contributed by atoms with E-state index in [-0.39, 0.29) is 11.9 Å². The van der Waals surface area contributed by atoms with Crippen LogP contribution in [0.1, 0.15) is 53.7 Å². The highest BCUT2D eigenvalue weighted by Crippen LogP contribution is 2.30. The van der Waals surface area contributed by atoms with Gasteiger partial charge in [-0.25, -0.2) is 0 Å². The normalized spacial score (nSPS) is 19.8. The van der Waals surface area contributed by atoms with Crippen molar-refractivity contribution in [3.8, 4) is 0 Å². The van der Waals surface area contributed by atoms with Crippen molar-refractivity contribution in [3.63, 3.8) is 0 Å². The number of carbonyl (C=O) groups excluding carboxylic acids is 1. The summed E-state index contributed by atoms with van der Waals surface area (Å²) in [7, 11) is 0. The van der Waals surface area contributed by atoms with E-state index in [2.05, 4.69) is 17.6 Å². The summed E-state index contributed by atoms with van der Waals surface area (Å²) in [5.74, 6) is 0.820. The van der Waals surface area contributed by atoms with Crippen LogP contribution in [0.5, 0.6) is 0 Å². The number of hydrogen-bond acceptors (Lipinski definition) is 2. The van der Waals surface area contributed by atoms with Gasteiger partial charge in [-0.1, -0.05) is 18.0 Å². The molecule has 1 amide bonds. The Bertz CT molecular complexity index is 511. The number of rotatable bonds is 4. The van der Waals surface area contributed by atoms with Gasteiger partial charge < -0.3 is 10.6 Å². The van der Waals surface area contributed by atoms with Crippen LogP contribution in [0.25, 0.3) is 0 Å². The maximum atomic E-state index is 11.7. The molecular formula is C15H19ClN2O. The van der Waals surface area contributed by atoms with Crippen LogP contribution in [-0.2, 0) is 6.54 Å². The Kier molecular flexibility index (Phi) is 3.50. The second kappa shape index (κ2) is 5.14. The second-order valence-corrected chi connectivity index (χ2v) is 6.05. The van der Waals surface area contributed by atoms with Gasteiger partial charge in [0.05, 0.1) is 0 Å². The van der Waals surface area contributed by atoms with Gasteiger partial charge in [-0.15, -0.1) is 0 Å². The molecule has 0 spiro atoms. The summed E-state index contributed by atoms with van der Waals surface area (Å²) in [6.07, 6.45) is 4.05. The Labute approximate surface area is 118 Å². The average molecular weight is 279 g/mol. The lowest BCUT2D eigenvalue weighted by Crippen LogP contribution is -2.29. The van der Waals surface area contributed by atoms with Crippen LogP contribution in [0.4, 0.5) is 0 Å². The van der Waals surface area contributed by atoms with E-state index < -0.39 is 0 Å². The van der Waals surface area contributed by atoms with Gasteiger partial charge in [-0.05, 0) is 49.9 Å². The van der Waals surface area contributed by atoms with Gasteiger partial charge in [0.15, 0.2) is 0 Å². The van der Waals surface area contributed by atoms with E-state index in [1.54, 1.807) is 0 Å². The SMILES string of the molecule is C[C@H](NCC1CCC1)c1cc(Cl)c2c(c1)C(=O)NC2. The van der Waals surface area contributed by atoms with E-state index in [0.717, 1.165) is 29.2 Å². The smallest absolute Gasteiger partial charge is 0.251 e. The first-order valence-corrected chi connectivity index (χ1v) is 7.37. The van der Waals surface area contributed by atoms with E-state index in [0.29, 0.717) is 11.6 Å². The molecular weight excluding hydrogens is 260 g/mol. The lowest BCUT2D eigenvalue weighted by Gasteiger charge is -2.27. The van der Waals surface area contributed by atoms with Crippen molar-refractivity contribution in [2.75, 3.05) is 6.54 Å². The number of benzene rings is 1. The Morgan fingerprint density at radius 2 is 2.26 bits per heavy atom. The summed E-state index contributed by atoms with van der Waals surface area (Å²) in [6, 6.07) is 4.19. The van der Waals surface area contributed by atoms with E-state index in [1.165, 1.54) is 19.3 Å². The standard InChI is InChI=1S/C15H19ClN2O/c1-9(17-7-10-3-2-4-10)11-5-12-13(14(16)6-11)8-18-15(12)19/h5-6,9-10,17H,2-4,7-8H2,1H3,(H,18,19)/t9-/m0/s1. The van der Waals surface area contributed by atoms with Gasteiger partial charge in [-0.3, -0.25) is 4.79 Å². The Balaban J connectivity index is 1.74. The molecule has 1 aliphatic carbocycles. The molecule has 1 fully saturated rings. The topological polar surface area (TPSA) is 41.1 Å². The molecule has 3 nitrogen and oxygen atoms in total. The van der Waals surface area contributed by atoms with Crippen LogP contribution < -0.4 is 10.6 Å².